The second-order valence-electron chi connectivity index (χ2n) is 5.28. The molecule has 0 heterocycles. The van der Waals surface area contributed by atoms with Crippen LogP contribution in [0.25, 0.3) is 0 Å². The Morgan fingerprint density at radius 3 is 2.39 bits per heavy atom. The van der Waals surface area contributed by atoms with Crippen LogP contribution in [-0.4, -0.2) is 17.6 Å². The number of hydrogen-bond acceptors (Lipinski definition) is 3. The molecule has 96 valence electrons. The van der Waals surface area contributed by atoms with Crippen molar-refractivity contribution < 1.29 is 9.59 Å². The first-order valence-corrected chi connectivity index (χ1v) is 6.37. The summed E-state index contributed by atoms with van der Waals surface area (Å²) in [5.74, 6) is 0.134. The van der Waals surface area contributed by atoms with Gasteiger partial charge in [-0.3, -0.25) is 9.59 Å². The van der Waals surface area contributed by atoms with Crippen LogP contribution in [0.1, 0.15) is 31.7 Å². The number of Topliss-reactive ketones (excluding diaryl/α,β-unsaturated/α-hetero) is 2. The third-order valence-corrected chi connectivity index (χ3v) is 3.83. The molecule has 1 aromatic rings. The molecule has 1 aliphatic carbocycles. The quantitative estimate of drug-likeness (QED) is 0.832. The lowest BCUT2D eigenvalue weighted by atomic mass is 9.91. The molecular weight excluding hydrogens is 226 g/mol. The molecule has 0 aliphatic heterocycles. The Morgan fingerprint density at radius 1 is 1.28 bits per heavy atom. The van der Waals surface area contributed by atoms with Gasteiger partial charge in [-0.2, -0.15) is 0 Å². The largest absolute Gasteiger partial charge is 0.321 e. The molecule has 18 heavy (non-hydrogen) atoms. The fourth-order valence-electron chi connectivity index (χ4n) is 2.25. The molecule has 1 fully saturated rings. The van der Waals surface area contributed by atoms with Gasteiger partial charge >= 0.3 is 0 Å². The molecule has 0 spiro atoms. The van der Waals surface area contributed by atoms with Crippen LogP contribution in [0.5, 0.6) is 0 Å². The van der Waals surface area contributed by atoms with Crippen LogP contribution in [0.4, 0.5) is 0 Å². The molecule has 2 rings (SSSR count). The van der Waals surface area contributed by atoms with E-state index < -0.39 is 6.04 Å². The average Bonchev–Trinajstić information content (AvgIpc) is 3.11. The fourth-order valence-corrected chi connectivity index (χ4v) is 2.25. The Hall–Kier alpha value is -1.48. The Kier molecular flexibility index (Phi) is 3.62. The Morgan fingerprint density at radius 2 is 1.89 bits per heavy atom. The van der Waals surface area contributed by atoms with Crippen molar-refractivity contribution in [2.75, 3.05) is 0 Å². The predicted molar refractivity (Wildman–Crippen MR) is 70.1 cm³/mol. The topological polar surface area (TPSA) is 60.2 Å². The van der Waals surface area contributed by atoms with Gasteiger partial charge in [0, 0.05) is 11.8 Å². The highest BCUT2D eigenvalue weighted by Crippen LogP contribution is 2.49. The summed E-state index contributed by atoms with van der Waals surface area (Å²) in [4.78, 5) is 23.5. The summed E-state index contributed by atoms with van der Waals surface area (Å²) in [6, 6.07) is 9.24. The first-order valence-electron chi connectivity index (χ1n) is 6.37. The Bertz CT molecular complexity index is 449. The lowest BCUT2D eigenvalue weighted by molar-refractivity contribution is -0.128. The number of carbonyl (C=O) groups is 2. The van der Waals surface area contributed by atoms with E-state index in [1.807, 2.05) is 30.3 Å². The number of nitrogens with two attached hydrogens (primary N) is 1. The van der Waals surface area contributed by atoms with Gasteiger partial charge in [-0.25, -0.2) is 0 Å². The van der Waals surface area contributed by atoms with E-state index in [2.05, 4.69) is 0 Å². The van der Waals surface area contributed by atoms with E-state index in [0.29, 0.717) is 12.8 Å². The number of benzene rings is 1. The van der Waals surface area contributed by atoms with Crippen molar-refractivity contribution in [1.82, 2.24) is 0 Å². The van der Waals surface area contributed by atoms with Gasteiger partial charge in [-0.15, -0.1) is 0 Å². The van der Waals surface area contributed by atoms with E-state index in [-0.39, 0.29) is 17.0 Å². The highest BCUT2D eigenvalue weighted by atomic mass is 16.1. The maximum Gasteiger partial charge on any atom is 0.150 e. The van der Waals surface area contributed by atoms with Crippen LogP contribution in [0.2, 0.25) is 0 Å². The van der Waals surface area contributed by atoms with Crippen LogP contribution in [-0.2, 0) is 16.0 Å². The van der Waals surface area contributed by atoms with Crippen molar-refractivity contribution in [3.05, 3.63) is 35.9 Å². The van der Waals surface area contributed by atoms with E-state index in [1.165, 1.54) is 0 Å². The summed E-state index contributed by atoms with van der Waals surface area (Å²) < 4.78 is 0. The standard InChI is InChI=1S/C15H19NO2/c1-11(17)15(7-8-15)10-14(18)13(16)9-12-5-3-2-4-6-12/h2-6,13H,7-10,16H2,1H3/t13-/m0/s1. The first-order chi connectivity index (χ1) is 8.53. The van der Waals surface area contributed by atoms with Crippen LogP contribution < -0.4 is 5.73 Å². The molecule has 1 atom stereocenters. The smallest absolute Gasteiger partial charge is 0.150 e. The number of rotatable bonds is 6. The minimum Gasteiger partial charge on any atom is -0.321 e. The minimum absolute atomic E-state index is 0.00607. The lowest BCUT2D eigenvalue weighted by Gasteiger charge is -2.15. The van der Waals surface area contributed by atoms with Crippen LogP contribution >= 0.6 is 0 Å². The Balaban J connectivity index is 1.92. The van der Waals surface area contributed by atoms with Crippen molar-refractivity contribution in [2.24, 2.45) is 11.1 Å². The van der Waals surface area contributed by atoms with E-state index in [0.717, 1.165) is 18.4 Å². The molecule has 3 heteroatoms. The lowest BCUT2D eigenvalue weighted by Crippen LogP contribution is -2.35. The SMILES string of the molecule is CC(=O)C1(CC(=O)[C@@H](N)Cc2ccccc2)CC1. The molecule has 0 radical (unpaired) electrons. The molecule has 1 aromatic carbocycles. The molecule has 1 saturated carbocycles. The van der Waals surface area contributed by atoms with Crippen LogP contribution in [0.3, 0.4) is 0 Å². The van der Waals surface area contributed by atoms with Gasteiger partial charge in [0.15, 0.2) is 5.78 Å². The zero-order valence-corrected chi connectivity index (χ0v) is 10.7. The summed E-state index contributed by atoms with van der Waals surface area (Å²) in [5, 5.41) is 0. The number of hydrogen-bond donors (Lipinski definition) is 1. The van der Waals surface area contributed by atoms with E-state index >= 15 is 0 Å². The third kappa shape index (κ3) is 2.85. The second kappa shape index (κ2) is 5.02. The maximum absolute atomic E-state index is 12.0. The van der Waals surface area contributed by atoms with Gasteiger partial charge in [-0.1, -0.05) is 30.3 Å². The summed E-state index contributed by atoms with van der Waals surface area (Å²) in [5.41, 5.74) is 6.61. The first kappa shape index (κ1) is 13.0. The van der Waals surface area contributed by atoms with Crippen LogP contribution in [0.15, 0.2) is 30.3 Å². The molecule has 2 N–H and O–H groups in total. The van der Waals surface area contributed by atoms with Crippen molar-refractivity contribution >= 4 is 11.6 Å². The fraction of sp³-hybridized carbons (Fsp3) is 0.467. The number of ketones is 2. The zero-order valence-electron chi connectivity index (χ0n) is 10.7. The second-order valence-corrected chi connectivity index (χ2v) is 5.28. The van der Waals surface area contributed by atoms with Gasteiger partial charge in [-0.05, 0) is 31.7 Å². The van der Waals surface area contributed by atoms with Gasteiger partial charge in [0.2, 0.25) is 0 Å². The molecule has 0 aromatic heterocycles. The molecular formula is C15H19NO2. The van der Waals surface area contributed by atoms with Crippen molar-refractivity contribution in [1.29, 1.82) is 0 Å². The summed E-state index contributed by atoms with van der Waals surface area (Å²) in [6.45, 7) is 1.57. The summed E-state index contributed by atoms with van der Waals surface area (Å²) in [7, 11) is 0. The highest BCUT2D eigenvalue weighted by molar-refractivity contribution is 5.93. The van der Waals surface area contributed by atoms with Gasteiger partial charge in [0.05, 0.1) is 6.04 Å². The van der Waals surface area contributed by atoms with Gasteiger partial charge in [0.25, 0.3) is 0 Å². The van der Waals surface area contributed by atoms with Crippen molar-refractivity contribution in [3.63, 3.8) is 0 Å². The highest BCUT2D eigenvalue weighted by Gasteiger charge is 2.48. The maximum atomic E-state index is 12.0. The zero-order chi connectivity index (χ0) is 13.2. The van der Waals surface area contributed by atoms with Crippen molar-refractivity contribution in [2.45, 2.75) is 38.6 Å². The summed E-state index contributed by atoms with van der Waals surface area (Å²) >= 11 is 0. The van der Waals surface area contributed by atoms with E-state index in [1.54, 1.807) is 6.92 Å². The molecule has 1 aliphatic rings. The van der Waals surface area contributed by atoms with Crippen molar-refractivity contribution in [3.8, 4) is 0 Å². The van der Waals surface area contributed by atoms with Gasteiger partial charge < -0.3 is 5.73 Å². The predicted octanol–water partition coefficient (Wildman–Crippen LogP) is 1.88. The Labute approximate surface area is 107 Å². The summed E-state index contributed by atoms with van der Waals surface area (Å²) in [6.07, 6.45) is 2.54. The minimum atomic E-state index is -0.496. The monoisotopic (exact) mass is 245 g/mol. The van der Waals surface area contributed by atoms with Gasteiger partial charge in [0.1, 0.15) is 5.78 Å². The molecule has 0 bridgehead atoms. The molecule has 0 saturated heterocycles. The number of carbonyl (C=O) groups excluding carboxylic acids is 2. The van der Waals surface area contributed by atoms with E-state index in [9.17, 15) is 9.59 Å². The van der Waals surface area contributed by atoms with Crippen LogP contribution in [0, 0.1) is 5.41 Å². The third-order valence-electron chi connectivity index (χ3n) is 3.83. The molecule has 0 amide bonds. The molecule has 0 unspecified atom stereocenters. The van der Waals surface area contributed by atoms with E-state index in [4.69, 9.17) is 5.73 Å². The normalized spacial score (nSPS) is 18.1. The molecule has 3 nitrogen and oxygen atoms in total. The average molecular weight is 245 g/mol.